The van der Waals surface area contributed by atoms with E-state index < -0.39 is 20.0 Å². The Balaban J connectivity index is 4.21. The molecule has 0 aromatic carbocycles. The van der Waals surface area contributed by atoms with Crippen LogP contribution in [0.3, 0.4) is 0 Å². The molecule has 0 fully saturated rings. The van der Waals surface area contributed by atoms with E-state index in [1.54, 1.807) is 6.08 Å². The number of amides is 1. The molecule has 0 rings (SSSR count). The van der Waals surface area contributed by atoms with Crippen molar-refractivity contribution < 1.29 is 32.9 Å². The van der Waals surface area contributed by atoms with Crippen molar-refractivity contribution in [1.82, 2.24) is 5.32 Å². The summed E-state index contributed by atoms with van der Waals surface area (Å²) in [7, 11) is 1.24. The van der Waals surface area contributed by atoms with E-state index >= 15 is 0 Å². The van der Waals surface area contributed by atoms with E-state index in [9.17, 15) is 19.4 Å². The third-order valence-corrected chi connectivity index (χ3v) is 12.7. The lowest BCUT2D eigenvalue weighted by atomic mass is 10.0. The summed E-state index contributed by atoms with van der Waals surface area (Å²) in [4.78, 5) is 25.4. The molecule has 3 atom stereocenters. The maximum Gasteiger partial charge on any atom is 0.268 e. The van der Waals surface area contributed by atoms with Crippen molar-refractivity contribution >= 4 is 13.7 Å². The zero-order chi connectivity index (χ0) is 50.6. The Hall–Kier alpha value is -2.84. The number of hydrogen-bond acceptors (Lipinski definition) is 6. The first-order valence-electron chi connectivity index (χ1n) is 27.7. The molecule has 396 valence electrons. The van der Waals surface area contributed by atoms with E-state index in [1.807, 2.05) is 27.2 Å². The molecule has 0 saturated carbocycles. The molecule has 0 aliphatic carbocycles. The van der Waals surface area contributed by atoms with Crippen LogP contribution in [0.25, 0.3) is 0 Å². The number of hydrogen-bond donors (Lipinski definition) is 2. The Morgan fingerprint density at radius 2 is 0.884 bits per heavy atom. The zero-order valence-electron chi connectivity index (χ0n) is 45.0. The molecule has 0 bridgehead atoms. The molecule has 0 aromatic rings. The van der Waals surface area contributed by atoms with Crippen LogP contribution in [0.5, 0.6) is 0 Å². The standard InChI is InChI=1S/C60H105N2O6P/c1-6-8-10-12-14-16-18-20-22-23-24-25-26-27-28-29-30-31-32-33-34-35-36-37-38-39-40-42-44-46-48-50-52-54-60(64)61-58(57-68-69(65,66)67-56-55-62(3,4)5)59(63)53-51-49-47-45-43-41-21-19-17-15-13-11-9-7-2/h8,10,14,16,20,22,24-25,27-28,30-31,33-34,36-37,51,53,58-59,63H,6-7,9,11-13,15,17-19,21,23,26,29,32,35,38-50,52,54-57H2,1-5H3,(H-,61,64,65,66)/b10-8-,16-14-,22-20-,25-24-,28-27-,31-30-,34-33-,37-36-,53-51+. The highest BCUT2D eigenvalue weighted by molar-refractivity contribution is 7.45. The molecule has 0 radical (unpaired) electrons. The predicted octanol–water partition coefficient (Wildman–Crippen LogP) is 16.2. The van der Waals surface area contributed by atoms with Crippen LogP contribution in [-0.2, 0) is 18.4 Å². The van der Waals surface area contributed by atoms with Crippen LogP contribution in [0.4, 0.5) is 0 Å². The second-order valence-corrected chi connectivity index (χ2v) is 21.0. The Bertz CT molecular complexity index is 1490. The minimum Gasteiger partial charge on any atom is -0.756 e. The summed E-state index contributed by atoms with van der Waals surface area (Å²) in [6, 6.07) is -0.898. The van der Waals surface area contributed by atoms with E-state index in [1.165, 1.54) is 89.9 Å². The summed E-state index contributed by atoms with van der Waals surface area (Å²) in [6.45, 7) is 4.51. The minimum absolute atomic E-state index is 0.00804. The van der Waals surface area contributed by atoms with Gasteiger partial charge >= 0.3 is 0 Å². The first kappa shape index (κ1) is 66.2. The number of allylic oxidation sites excluding steroid dienone is 17. The fraction of sp³-hybridized carbons (Fsp3) is 0.683. The lowest BCUT2D eigenvalue weighted by Crippen LogP contribution is -2.45. The Kier molecular flexibility index (Phi) is 48.1. The van der Waals surface area contributed by atoms with Gasteiger partial charge in [-0.2, -0.15) is 0 Å². The number of carbonyl (C=O) groups is 1. The smallest absolute Gasteiger partial charge is 0.268 e. The van der Waals surface area contributed by atoms with Crippen LogP contribution in [0, 0.1) is 0 Å². The van der Waals surface area contributed by atoms with E-state index in [2.05, 4.69) is 116 Å². The van der Waals surface area contributed by atoms with Crippen molar-refractivity contribution in [1.29, 1.82) is 0 Å². The van der Waals surface area contributed by atoms with Gasteiger partial charge in [0.1, 0.15) is 13.2 Å². The molecule has 9 heteroatoms. The average Bonchev–Trinajstić information content (AvgIpc) is 3.31. The number of rotatable bonds is 49. The van der Waals surface area contributed by atoms with Crippen molar-refractivity contribution in [2.75, 3.05) is 40.9 Å². The van der Waals surface area contributed by atoms with Crippen molar-refractivity contribution in [2.45, 2.75) is 225 Å². The maximum absolute atomic E-state index is 12.9. The summed E-state index contributed by atoms with van der Waals surface area (Å²) in [5.41, 5.74) is 0. The number of phosphoric acid groups is 1. The fourth-order valence-electron chi connectivity index (χ4n) is 7.40. The fourth-order valence-corrected chi connectivity index (χ4v) is 8.13. The van der Waals surface area contributed by atoms with Gasteiger partial charge in [0.15, 0.2) is 0 Å². The van der Waals surface area contributed by atoms with E-state index in [4.69, 9.17) is 9.05 Å². The molecule has 0 heterocycles. The van der Waals surface area contributed by atoms with Crippen LogP contribution in [0.15, 0.2) is 109 Å². The highest BCUT2D eigenvalue weighted by atomic mass is 31.2. The number of unbranched alkanes of at least 4 members (excludes halogenated alkanes) is 20. The van der Waals surface area contributed by atoms with Gasteiger partial charge in [0, 0.05) is 6.42 Å². The monoisotopic (exact) mass is 981 g/mol. The van der Waals surface area contributed by atoms with Gasteiger partial charge < -0.3 is 28.8 Å². The minimum atomic E-state index is -4.60. The summed E-state index contributed by atoms with van der Waals surface area (Å²) in [6.07, 6.45) is 72.9. The molecular weight excluding hydrogens is 876 g/mol. The highest BCUT2D eigenvalue weighted by Crippen LogP contribution is 2.38. The SMILES string of the molecule is CC/C=C\C/C=C\C/C=C\C/C=C\C/C=C\C/C=C\C/C=C\C/C=C\CCCCCCCCCCC(=O)NC(COP(=O)([O-])OCC[N+](C)(C)C)C(O)/C=C/CCCCCCCCCCCCCC. The summed E-state index contributed by atoms with van der Waals surface area (Å²) < 4.78 is 23.3. The van der Waals surface area contributed by atoms with Gasteiger partial charge in [-0.15, -0.1) is 0 Å². The Labute approximate surface area is 425 Å². The van der Waals surface area contributed by atoms with Gasteiger partial charge in [-0.05, 0) is 83.5 Å². The second kappa shape index (κ2) is 50.1. The molecule has 0 saturated heterocycles. The molecule has 0 aliphatic heterocycles. The quantitative estimate of drug-likeness (QED) is 0.0272. The highest BCUT2D eigenvalue weighted by Gasteiger charge is 2.23. The van der Waals surface area contributed by atoms with Gasteiger partial charge in [0.05, 0.1) is 39.9 Å². The third kappa shape index (κ3) is 52.8. The van der Waals surface area contributed by atoms with Crippen molar-refractivity contribution in [3.8, 4) is 0 Å². The number of nitrogens with zero attached hydrogens (tertiary/aromatic N) is 1. The second-order valence-electron chi connectivity index (χ2n) is 19.6. The average molecular weight is 981 g/mol. The van der Waals surface area contributed by atoms with Gasteiger partial charge in [0.25, 0.3) is 7.82 Å². The number of nitrogens with one attached hydrogen (secondary N) is 1. The summed E-state index contributed by atoms with van der Waals surface area (Å²) in [5, 5.41) is 13.8. The number of quaternary nitrogens is 1. The van der Waals surface area contributed by atoms with Gasteiger partial charge in [0.2, 0.25) is 5.91 Å². The van der Waals surface area contributed by atoms with Gasteiger partial charge in [-0.1, -0.05) is 232 Å². The van der Waals surface area contributed by atoms with Crippen molar-refractivity contribution in [3.05, 3.63) is 109 Å². The molecule has 0 aromatic heterocycles. The summed E-state index contributed by atoms with van der Waals surface area (Å²) >= 11 is 0. The lowest BCUT2D eigenvalue weighted by molar-refractivity contribution is -0.870. The normalized spacial score (nSPS) is 14.8. The predicted molar refractivity (Wildman–Crippen MR) is 297 cm³/mol. The number of carbonyl (C=O) groups excluding carboxylic acids is 1. The van der Waals surface area contributed by atoms with Gasteiger partial charge in [-0.25, -0.2) is 0 Å². The molecule has 69 heavy (non-hydrogen) atoms. The molecule has 0 aliphatic rings. The van der Waals surface area contributed by atoms with Crippen molar-refractivity contribution in [3.63, 3.8) is 0 Å². The number of aliphatic hydroxyl groups excluding tert-OH is 1. The zero-order valence-corrected chi connectivity index (χ0v) is 45.9. The molecular formula is C60H105N2O6P. The van der Waals surface area contributed by atoms with Crippen LogP contribution in [0.2, 0.25) is 0 Å². The van der Waals surface area contributed by atoms with Crippen LogP contribution >= 0.6 is 7.82 Å². The Morgan fingerprint density at radius 3 is 1.29 bits per heavy atom. The molecule has 3 unspecified atom stereocenters. The Morgan fingerprint density at radius 1 is 0.522 bits per heavy atom. The topological polar surface area (TPSA) is 108 Å². The summed E-state index contributed by atoms with van der Waals surface area (Å²) in [5.74, 6) is -0.211. The van der Waals surface area contributed by atoms with Crippen LogP contribution in [-0.4, -0.2) is 68.5 Å². The maximum atomic E-state index is 12.9. The third-order valence-electron chi connectivity index (χ3n) is 11.7. The lowest BCUT2D eigenvalue weighted by Gasteiger charge is -2.29. The number of likely N-dealkylation sites (N-methyl/N-ethyl adjacent to an activating group) is 1. The molecule has 0 spiro atoms. The molecule has 2 N–H and O–H groups in total. The largest absolute Gasteiger partial charge is 0.756 e. The molecule has 8 nitrogen and oxygen atoms in total. The van der Waals surface area contributed by atoms with Gasteiger partial charge in [-0.3, -0.25) is 9.36 Å². The van der Waals surface area contributed by atoms with Crippen molar-refractivity contribution in [2.24, 2.45) is 0 Å². The van der Waals surface area contributed by atoms with Crippen LogP contribution in [0.1, 0.15) is 213 Å². The number of aliphatic hydroxyl groups is 1. The van der Waals surface area contributed by atoms with Crippen LogP contribution < -0.4 is 10.2 Å². The van der Waals surface area contributed by atoms with E-state index in [-0.39, 0.29) is 19.1 Å². The van der Waals surface area contributed by atoms with E-state index in [0.717, 1.165) is 103 Å². The van der Waals surface area contributed by atoms with E-state index in [0.29, 0.717) is 17.4 Å². The first-order valence-corrected chi connectivity index (χ1v) is 29.2. The molecule has 1 amide bonds. The first-order chi connectivity index (χ1) is 33.5. The number of phosphoric ester groups is 1.